The van der Waals surface area contributed by atoms with Crippen LogP contribution in [0.4, 0.5) is 0 Å². The summed E-state index contributed by atoms with van der Waals surface area (Å²) in [4.78, 5) is 13.3. The van der Waals surface area contributed by atoms with Gasteiger partial charge in [-0.25, -0.2) is 0 Å². The van der Waals surface area contributed by atoms with Crippen molar-refractivity contribution in [3.63, 3.8) is 0 Å². The van der Waals surface area contributed by atoms with Crippen molar-refractivity contribution in [3.8, 4) is 6.07 Å². The van der Waals surface area contributed by atoms with E-state index in [0.29, 0.717) is 6.42 Å². The maximum Gasteiger partial charge on any atom is 0.221 e. The number of nitrogens with zero attached hydrogens (tertiary/aromatic N) is 2. The van der Waals surface area contributed by atoms with Crippen molar-refractivity contribution in [2.45, 2.75) is 26.2 Å². The van der Waals surface area contributed by atoms with E-state index >= 15 is 0 Å². The van der Waals surface area contributed by atoms with Gasteiger partial charge in [-0.05, 0) is 32.9 Å². The minimum Gasteiger partial charge on any atom is -0.359 e. The molecule has 1 amide bonds. The smallest absolute Gasteiger partial charge is 0.221 e. The highest BCUT2D eigenvalue weighted by molar-refractivity contribution is 5.75. The van der Waals surface area contributed by atoms with Gasteiger partial charge in [0.05, 0.1) is 11.5 Å². The maximum atomic E-state index is 11.0. The van der Waals surface area contributed by atoms with Crippen molar-refractivity contribution in [3.05, 3.63) is 0 Å². The number of piperidine rings is 1. The van der Waals surface area contributed by atoms with Crippen molar-refractivity contribution in [1.29, 1.82) is 5.26 Å². The van der Waals surface area contributed by atoms with E-state index in [1.807, 2.05) is 6.92 Å². The van der Waals surface area contributed by atoms with E-state index in [1.165, 1.54) is 0 Å². The molecule has 1 aliphatic rings. The summed E-state index contributed by atoms with van der Waals surface area (Å²) in [5.74, 6) is 0.0867. The van der Waals surface area contributed by atoms with Crippen LogP contribution in [0.3, 0.4) is 0 Å². The summed E-state index contributed by atoms with van der Waals surface area (Å²) in [6.45, 7) is 4.69. The van der Waals surface area contributed by atoms with Gasteiger partial charge in [-0.1, -0.05) is 0 Å². The van der Waals surface area contributed by atoms with E-state index in [4.69, 9.17) is 5.26 Å². The minimum absolute atomic E-state index is 0.0867. The molecular weight excluding hydrogens is 190 g/mol. The third-order valence-corrected chi connectivity index (χ3v) is 3.16. The third-order valence-electron chi connectivity index (χ3n) is 3.16. The van der Waals surface area contributed by atoms with Crippen molar-refractivity contribution >= 4 is 5.91 Å². The van der Waals surface area contributed by atoms with Crippen LogP contribution in [-0.4, -0.2) is 37.5 Å². The molecule has 0 saturated carbocycles. The quantitative estimate of drug-likeness (QED) is 0.746. The standard InChI is InChI=1S/C11H19N3O/c1-11(9-12)4-7-14(8-5-11)6-3-10(15)13-2/h3-8H2,1-2H3,(H,13,15). The second-order valence-corrected chi connectivity index (χ2v) is 4.44. The summed E-state index contributed by atoms with van der Waals surface area (Å²) in [5, 5.41) is 11.6. The number of nitrogens with one attached hydrogen (secondary N) is 1. The minimum atomic E-state index is -0.149. The normalized spacial score (nSPS) is 20.6. The lowest BCUT2D eigenvalue weighted by Crippen LogP contribution is -2.39. The third kappa shape index (κ3) is 3.52. The Morgan fingerprint density at radius 1 is 1.53 bits per heavy atom. The molecule has 1 fully saturated rings. The molecule has 0 aliphatic carbocycles. The zero-order valence-corrected chi connectivity index (χ0v) is 9.55. The van der Waals surface area contributed by atoms with E-state index in [2.05, 4.69) is 16.3 Å². The molecule has 1 aliphatic heterocycles. The number of nitriles is 1. The summed E-state index contributed by atoms with van der Waals surface area (Å²) >= 11 is 0. The van der Waals surface area contributed by atoms with Gasteiger partial charge in [0.1, 0.15) is 0 Å². The van der Waals surface area contributed by atoms with Crippen molar-refractivity contribution in [2.75, 3.05) is 26.7 Å². The van der Waals surface area contributed by atoms with E-state index in [-0.39, 0.29) is 11.3 Å². The largest absolute Gasteiger partial charge is 0.359 e. The lowest BCUT2D eigenvalue weighted by molar-refractivity contribution is -0.121. The van der Waals surface area contributed by atoms with Crippen LogP contribution < -0.4 is 5.32 Å². The van der Waals surface area contributed by atoms with Crippen LogP contribution in [0.1, 0.15) is 26.2 Å². The lowest BCUT2D eigenvalue weighted by atomic mass is 9.82. The van der Waals surface area contributed by atoms with E-state index < -0.39 is 0 Å². The number of hydrogen-bond acceptors (Lipinski definition) is 3. The van der Waals surface area contributed by atoms with Crippen LogP contribution in [0.2, 0.25) is 0 Å². The average Bonchev–Trinajstić information content (AvgIpc) is 2.28. The van der Waals surface area contributed by atoms with Gasteiger partial charge in [0, 0.05) is 20.0 Å². The molecule has 0 atom stereocenters. The van der Waals surface area contributed by atoms with Gasteiger partial charge in [-0.2, -0.15) is 5.26 Å². The zero-order chi connectivity index (χ0) is 11.3. The molecular formula is C11H19N3O. The summed E-state index contributed by atoms with van der Waals surface area (Å²) in [6, 6.07) is 2.37. The fraction of sp³-hybridized carbons (Fsp3) is 0.818. The second kappa shape index (κ2) is 5.13. The molecule has 4 nitrogen and oxygen atoms in total. The Balaban J connectivity index is 2.27. The van der Waals surface area contributed by atoms with Gasteiger partial charge in [0.2, 0.25) is 5.91 Å². The number of amides is 1. The van der Waals surface area contributed by atoms with Crippen LogP contribution in [0.25, 0.3) is 0 Å². The van der Waals surface area contributed by atoms with Gasteiger partial charge in [-0.15, -0.1) is 0 Å². The number of likely N-dealkylation sites (tertiary alicyclic amines) is 1. The Bertz CT molecular complexity index is 261. The van der Waals surface area contributed by atoms with Gasteiger partial charge in [-0.3, -0.25) is 4.79 Å². The number of rotatable bonds is 3. The Hall–Kier alpha value is -1.08. The predicted octanol–water partition coefficient (Wildman–Crippen LogP) is 0.748. The lowest BCUT2D eigenvalue weighted by Gasteiger charge is -2.34. The first-order valence-corrected chi connectivity index (χ1v) is 5.44. The molecule has 0 bridgehead atoms. The van der Waals surface area contributed by atoms with Crippen LogP contribution in [0.5, 0.6) is 0 Å². The molecule has 0 aromatic carbocycles. The molecule has 15 heavy (non-hydrogen) atoms. The fourth-order valence-electron chi connectivity index (χ4n) is 1.77. The highest BCUT2D eigenvalue weighted by Gasteiger charge is 2.29. The van der Waals surface area contributed by atoms with Gasteiger partial charge >= 0.3 is 0 Å². The Morgan fingerprint density at radius 3 is 2.60 bits per heavy atom. The van der Waals surface area contributed by atoms with Crippen molar-refractivity contribution in [1.82, 2.24) is 10.2 Å². The average molecular weight is 209 g/mol. The van der Waals surface area contributed by atoms with Gasteiger partial charge in [0.25, 0.3) is 0 Å². The summed E-state index contributed by atoms with van der Waals surface area (Å²) in [7, 11) is 1.66. The topological polar surface area (TPSA) is 56.1 Å². The van der Waals surface area contributed by atoms with Crippen LogP contribution in [0, 0.1) is 16.7 Å². The fourth-order valence-corrected chi connectivity index (χ4v) is 1.77. The first kappa shape index (κ1) is 12.0. The van der Waals surface area contributed by atoms with Crippen molar-refractivity contribution in [2.24, 2.45) is 5.41 Å². The van der Waals surface area contributed by atoms with E-state index in [1.54, 1.807) is 7.05 Å². The van der Waals surface area contributed by atoms with E-state index in [0.717, 1.165) is 32.5 Å². The first-order valence-electron chi connectivity index (χ1n) is 5.44. The molecule has 0 unspecified atom stereocenters. The molecule has 84 valence electrons. The molecule has 0 aromatic heterocycles. The first-order chi connectivity index (χ1) is 7.09. The Labute approximate surface area is 91.2 Å². The Kier molecular flexibility index (Phi) is 4.10. The molecule has 0 radical (unpaired) electrons. The molecule has 4 heteroatoms. The monoisotopic (exact) mass is 209 g/mol. The van der Waals surface area contributed by atoms with Crippen molar-refractivity contribution < 1.29 is 4.79 Å². The maximum absolute atomic E-state index is 11.0. The number of carbonyl (C=O) groups is 1. The SMILES string of the molecule is CNC(=O)CCN1CCC(C)(C#N)CC1. The Morgan fingerprint density at radius 2 is 2.13 bits per heavy atom. The van der Waals surface area contributed by atoms with Gasteiger partial charge < -0.3 is 10.2 Å². The molecule has 1 N–H and O–H groups in total. The number of carbonyl (C=O) groups excluding carboxylic acids is 1. The van der Waals surface area contributed by atoms with Crippen LogP contribution in [0.15, 0.2) is 0 Å². The van der Waals surface area contributed by atoms with Crippen LogP contribution in [-0.2, 0) is 4.79 Å². The van der Waals surface area contributed by atoms with Crippen LogP contribution >= 0.6 is 0 Å². The molecule has 1 heterocycles. The highest BCUT2D eigenvalue weighted by atomic mass is 16.1. The molecule has 1 rings (SSSR count). The second-order valence-electron chi connectivity index (χ2n) is 4.44. The number of hydrogen-bond donors (Lipinski definition) is 1. The molecule has 0 spiro atoms. The summed E-state index contributed by atoms with van der Waals surface area (Å²) in [5.41, 5.74) is -0.149. The van der Waals surface area contributed by atoms with E-state index in [9.17, 15) is 4.79 Å². The molecule has 1 saturated heterocycles. The molecule has 0 aromatic rings. The zero-order valence-electron chi connectivity index (χ0n) is 9.55. The summed E-state index contributed by atoms with van der Waals surface area (Å²) < 4.78 is 0. The summed E-state index contributed by atoms with van der Waals surface area (Å²) in [6.07, 6.45) is 2.38. The highest BCUT2D eigenvalue weighted by Crippen LogP contribution is 2.29. The predicted molar refractivity (Wildman–Crippen MR) is 58.1 cm³/mol. The van der Waals surface area contributed by atoms with Gasteiger partial charge in [0.15, 0.2) is 0 Å².